The van der Waals surface area contributed by atoms with Gasteiger partial charge in [-0.2, -0.15) is 0 Å². The quantitative estimate of drug-likeness (QED) is 0.525. The molecule has 0 spiro atoms. The summed E-state index contributed by atoms with van der Waals surface area (Å²) in [5.74, 6) is 0.838. The Kier molecular flexibility index (Phi) is 4.23. The van der Waals surface area contributed by atoms with Crippen LogP contribution in [0.3, 0.4) is 0 Å². The van der Waals surface area contributed by atoms with Crippen molar-refractivity contribution in [3.8, 4) is 5.69 Å². The number of hydrogen-bond donors (Lipinski definition) is 0. The third kappa shape index (κ3) is 2.64. The molecule has 0 aliphatic rings. The van der Waals surface area contributed by atoms with Crippen LogP contribution in [-0.4, -0.2) is 15.3 Å². The molecule has 2 aromatic carbocycles. The van der Waals surface area contributed by atoms with Crippen molar-refractivity contribution in [3.63, 3.8) is 0 Å². The van der Waals surface area contributed by atoms with E-state index in [1.54, 1.807) is 34.5 Å². The molecule has 22 heavy (non-hydrogen) atoms. The second-order valence-electron chi connectivity index (χ2n) is 4.92. The van der Waals surface area contributed by atoms with Crippen LogP contribution in [0.25, 0.3) is 16.6 Å². The topological polar surface area (TPSA) is 34.9 Å². The molecule has 0 saturated carbocycles. The minimum atomic E-state index is -0.0630. The van der Waals surface area contributed by atoms with Crippen molar-refractivity contribution in [2.24, 2.45) is 0 Å². The van der Waals surface area contributed by atoms with Crippen LogP contribution in [0.5, 0.6) is 0 Å². The van der Waals surface area contributed by atoms with Crippen LogP contribution in [0.2, 0.25) is 5.02 Å². The van der Waals surface area contributed by atoms with Crippen molar-refractivity contribution >= 4 is 34.3 Å². The van der Waals surface area contributed by atoms with Gasteiger partial charge in [0, 0.05) is 5.02 Å². The largest absolute Gasteiger partial charge is 0.268 e. The number of benzene rings is 2. The number of fused-ring (bicyclic) bond motifs is 1. The Morgan fingerprint density at radius 1 is 1.23 bits per heavy atom. The van der Waals surface area contributed by atoms with Crippen molar-refractivity contribution in [1.29, 1.82) is 0 Å². The Balaban J connectivity index is 2.40. The number of rotatable bonds is 3. The van der Waals surface area contributed by atoms with E-state index in [1.807, 2.05) is 38.1 Å². The van der Waals surface area contributed by atoms with E-state index >= 15 is 0 Å². The molecule has 3 rings (SSSR count). The highest BCUT2D eigenvalue weighted by Gasteiger charge is 2.14. The van der Waals surface area contributed by atoms with Gasteiger partial charge in [-0.3, -0.25) is 9.36 Å². The van der Waals surface area contributed by atoms with Gasteiger partial charge in [-0.05, 0) is 42.5 Å². The van der Waals surface area contributed by atoms with Crippen molar-refractivity contribution < 1.29 is 0 Å². The number of nitrogens with zero attached hydrogens (tertiary/aromatic N) is 2. The number of halogens is 1. The Morgan fingerprint density at radius 2 is 2.00 bits per heavy atom. The first kappa shape index (κ1) is 15.1. The lowest BCUT2D eigenvalue weighted by molar-refractivity contribution is 0.815. The average molecular weight is 331 g/mol. The smallest absolute Gasteiger partial charge is 0.266 e. The lowest BCUT2D eigenvalue weighted by Crippen LogP contribution is -2.22. The fourth-order valence-electron chi connectivity index (χ4n) is 2.39. The Hall–Kier alpha value is -1.78. The molecule has 0 amide bonds. The van der Waals surface area contributed by atoms with Crippen LogP contribution >= 0.6 is 23.4 Å². The van der Waals surface area contributed by atoms with E-state index in [0.29, 0.717) is 21.1 Å². The lowest BCUT2D eigenvalue weighted by Gasteiger charge is -2.14. The molecule has 0 saturated heterocycles. The fraction of sp³-hybridized carbons (Fsp3) is 0.176. The summed E-state index contributed by atoms with van der Waals surface area (Å²) in [5, 5.41) is 1.85. The van der Waals surface area contributed by atoms with Crippen molar-refractivity contribution in [2.75, 3.05) is 5.75 Å². The summed E-state index contributed by atoms with van der Waals surface area (Å²) >= 11 is 7.58. The standard InChI is InChI=1S/C17H15ClN2OS/c1-3-22-17-19-14-10-12(18)8-9-13(14)16(21)20(17)15-7-5-4-6-11(15)2/h4-10H,3H2,1-2H3. The molecule has 0 aliphatic carbocycles. The maximum atomic E-state index is 13.0. The average Bonchev–Trinajstić information content (AvgIpc) is 2.49. The molecule has 0 unspecified atom stereocenters. The Labute approximate surface area is 138 Å². The first-order chi connectivity index (χ1) is 10.6. The molecule has 112 valence electrons. The molecule has 0 radical (unpaired) electrons. The van der Waals surface area contributed by atoms with Crippen molar-refractivity contribution in [2.45, 2.75) is 19.0 Å². The molecular formula is C17H15ClN2OS. The predicted octanol–water partition coefficient (Wildman–Crippen LogP) is 4.46. The number of aryl methyl sites for hydroxylation is 1. The van der Waals surface area contributed by atoms with Gasteiger partial charge in [-0.15, -0.1) is 0 Å². The number of aromatic nitrogens is 2. The molecule has 0 aliphatic heterocycles. The monoisotopic (exact) mass is 330 g/mol. The summed E-state index contributed by atoms with van der Waals surface area (Å²) in [4.78, 5) is 17.6. The maximum Gasteiger partial charge on any atom is 0.266 e. The molecule has 0 fully saturated rings. The van der Waals surface area contributed by atoms with Crippen LogP contribution in [-0.2, 0) is 0 Å². The van der Waals surface area contributed by atoms with Crippen LogP contribution in [0.15, 0.2) is 52.4 Å². The lowest BCUT2D eigenvalue weighted by atomic mass is 10.2. The van der Waals surface area contributed by atoms with Crippen LogP contribution in [0.1, 0.15) is 12.5 Å². The van der Waals surface area contributed by atoms with E-state index < -0.39 is 0 Å². The Morgan fingerprint density at radius 3 is 2.73 bits per heavy atom. The molecule has 1 aromatic heterocycles. The van der Waals surface area contributed by atoms with Gasteiger partial charge < -0.3 is 0 Å². The summed E-state index contributed by atoms with van der Waals surface area (Å²) < 4.78 is 1.69. The zero-order chi connectivity index (χ0) is 15.7. The summed E-state index contributed by atoms with van der Waals surface area (Å²) in [6.07, 6.45) is 0. The van der Waals surface area contributed by atoms with Gasteiger partial charge >= 0.3 is 0 Å². The SMILES string of the molecule is CCSc1nc2cc(Cl)ccc2c(=O)n1-c1ccccc1C. The first-order valence-electron chi connectivity index (χ1n) is 7.03. The molecule has 0 N–H and O–H groups in total. The zero-order valence-electron chi connectivity index (χ0n) is 12.3. The molecule has 1 heterocycles. The Bertz CT molecular complexity index is 905. The van der Waals surface area contributed by atoms with Gasteiger partial charge in [-0.25, -0.2) is 4.98 Å². The molecule has 0 bridgehead atoms. The van der Waals surface area contributed by atoms with Crippen LogP contribution in [0.4, 0.5) is 0 Å². The van der Waals surface area contributed by atoms with Crippen molar-refractivity contribution in [1.82, 2.24) is 9.55 Å². The highest BCUT2D eigenvalue weighted by atomic mass is 35.5. The normalized spacial score (nSPS) is 11.0. The second kappa shape index (κ2) is 6.15. The van der Waals surface area contributed by atoms with Gasteiger partial charge in [0.2, 0.25) is 0 Å². The van der Waals surface area contributed by atoms with Gasteiger partial charge in [0.1, 0.15) is 0 Å². The number of hydrogen-bond acceptors (Lipinski definition) is 3. The van der Waals surface area contributed by atoms with Gasteiger partial charge in [-0.1, -0.05) is 48.5 Å². The van der Waals surface area contributed by atoms with Crippen LogP contribution < -0.4 is 5.56 Å². The molecule has 3 nitrogen and oxygen atoms in total. The third-order valence-electron chi connectivity index (χ3n) is 3.43. The van der Waals surface area contributed by atoms with Gasteiger partial charge in [0.05, 0.1) is 16.6 Å². The van der Waals surface area contributed by atoms with Crippen LogP contribution in [0, 0.1) is 6.92 Å². The van der Waals surface area contributed by atoms with E-state index in [1.165, 1.54) is 0 Å². The van der Waals surface area contributed by atoms with E-state index in [4.69, 9.17) is 11.6 Å². The van der Waals surface area contributed by atoms with Gasteiger partial charge in [0.15, 0.2) is 5.16 Å². The van der Waals surface area contributed by atoms with E-state index in [-0.39, 0.29) is 5.56 Å². The summed E-state index contributed by atoms with van der Waals surface area (Å²) in [6, 6.07) is 13.0. The summed E-state index contributed by atoms with van der Waals surface area (Å²) in [6.45, 7) is 4.04. The third-order valence-corrected chi connectivity index (χ3v) is 4.49. The van der Waals surface area contributed by atoms with Gasteiger partial charge in [0.25, 0.3) is 5.56 Å². The van der Waals surface area contributed by atoms with Crippen molar-refractivity contribution in [3.05, 3.63) is 63.4 Å². The highest BCUT2D eigenvalue weighted by Crippen LogP contribution is 2.24. The summed E-state index contributed by atoms with van der Waals surface area (Å²) in [5.41, 5.74) is 2.48. The first-order valence-corrected chi connectivity index (χ1v) is 8.39. The summed E-state index contributed by atoms with van der Waals surface area (Å²) in [7, 11) is 0. The molecule has 3 aromatic rings. The fourth-order valence-corrected chi connectivity index (χ4v) is 3.29. The minimum Gasteiger partial charge on any atom is -0.268 e. The second-order valence-corrected chi connectivity index (χ2v) is 6.58. The number of para-hydroxylation sites is 1. The maximum absolute atomic E-state index is 13.0. The predicted molar refractivity (Wildman–Crippen MR) is 93.5 cm³/mol. The molecular weight excluding hydrogens is 316 g/mol. The minimum absolute atomic E-state index is 0.0630. The molecule has 0 atom stereocenters. The van der Waals surface area contributed by atoms with E-state index in [0.717, 1.165) is 17.0 Å². The van der Waals surface area contributed by atoms with E-state index in [9.17, 15) is 4.79 Å². The molecule has 5 heteroatoms. The highest BCUT2D eigenvalue weighted by molar-refractivity contribution is 7.99. The van der Waals surface area contributed by atoms with E-state index in [2.05, 4.69) is 4.98 Å². The zero-order valence-corrected chi connectivity index (χ0v) is 13.9. The number of thioether (sulfide) groups is 1.